The Balaban J connectivity index is 2.05. The lowest BCUT2D eigenvalue weighted by molar-refractivity contribution is 0.337. The van der Waals surface area contributed by atoms with Gasteiger partial charge in [0, 0.05) is 11.6 Å². The van der Waals surface area contributed by atoms with Crippen molar-refractivity contribution in [3.05, 3.63) is 64.1 Å². The maximum absolute atomic E-state index is 6.14. The van der Waals surface area contributed by atoms with Crippen molar-refractivity contribution < 1.29 is 4.74 Å². The molecule has 0 aliphatic rings. The lowest BCUT2D eigenvalue weighted by Crippen LogP contribution is -2.22. The van der Waals surface area contributed by atoms with E-state index in [4.69, 9.17) is 27.9 Å². The van der Waals surface area contributed by atoms with Crippen molar-refractivity contribution in [3.8, 4) is 11.5 Å². The maximum Gasteiger partial charge on any atom is 0.146 e. The van der Waals surface area contributed by atoms with Crippen LogP contribution in [0, 0.1) is 0 Å². The van der Waals surface area contributed by atoms with Crippen LogP contribution in [0.2, 0.25) is 10.0 Å². The van der Waals surface area contributed by atoms with Gasteiger partial charge in [0.1, 0.15) is 11.5 Å². The summed E-state index contributed by atoms with van der Waals surface area (Å²) in [6.45, 7) is 9.60. The van der Waals surface area contributed by atoms with Crippen LogP contribution in [0.4, 0.5) is 0 Å². The summed E-state index contributed by atoms with van der Waals surface area (Å²) in [7, 11) is 0. The van der Waals surface area contributed by atoms with Crippen LogP contribution in [0.1, 0.15) is 26.3 Å². The van der Waals surface area contributed by atoms with Gasteiger partial charge >= 0.3 is 0 Å². The van der Waals surface area contributed by atoms with E-state index < -0.39 is 0 Å². The van der Waals surface area contributed by atoms with Gasteiger partial charge in [-0.15, -0.1) is 0 Å². The van der Waals surface area contributed by atoms with E-state index in [0.717, 1.165) is 25.4 Å². The molecule has 2 rings (SSSR count). The highest BCUT2D eigenvalue weighted by atomic mass is 35.5. The second-order valence-electron chi connectivity index (χ2n) is 5.57. The first kappa shape index (κ1) is 18.9. The zero-order valence-corrected chi connectivity index (χ0v) is 15.9. The van der Waals surface area contributed by atoms with Crippen molar-refractivity contribution >= 4 is 28.8 Å². The Kier molecular flexibility index (Phi) is 7.16. The summed E-state index contributed by atoms with van der Waals surface area (Å²) >= 11 is 12.0. The van der Waals surface area contributed by atoms with Crippen molar-refractivity contribution in [3.63, 3.8) is 0 Å². The average molecular weight is 364 g/mol. The van der Waals surface area contributed by atoms with E-state index in [0.29, 0.717) is 15.8 Å². The minimum absolute atomic E-state index is 0.502. The first-order valence-electron chi connectivity index (χ1n) is 8.16. The van der Waals surface area contributed by atoms with Crippen LogP contribution in [0.15, 0.2) is 48.5 Å². The Hall–Kier alpha value is -1.48. The molecule has 0 fully saturated rings. The summed E-state index contributed by atoms with van der Waals surface area (Å²) in [5, 5.41) is 1.10. The number of halogens is 2. The molecule has 128 valence electrons. The Morgan fingerprint density at radius 2 is 1.71 bits per heavy atom. The number of likely N-dealkylation sites (N-methyl/N-ethyl adjacent to an activating group) is 1. The second kappa shape index (κ2) is 9.12. The van der Waals surface area contributed by atoms with Gasteiger partial charge in [-0.25, -0.2) is 0 Å². The first-order valence-corrected chi connectivity index (χ1v) is 8.91. The molecule has 2 nitrogen and oxygen atoms in total. The third-order valence-electron chi connectivity index (χ3n) is 3.98. The molecule has 0 amide bonds. The number of rotatable bonds is 7. The predicted molar refractivity (Wildman–Crippen MR) is 104 cm³/mol. The number of nitrogens with zero attached hydrogens (tertiary/aromatic N) is 1. The predicted octanol–water partition coefficient (Wildman–Crippen LogP) is 6.53. The van der Waals surface area contributed by atoms with Gasteiger partial charge in [0.2, 0.25) is 0 Å². The molecule has 0 atom stereocenters. The average Bonchev–Trinajstić information content (AvgIpc) is 2.59. The summed E-state index contributed by atoms with van der Waals surface area (Å²) in [5.41, 5.74) is 2.45. The van der Waals surface area contributed by atoms with Crippen molar-refractivity contribution in [2.24, 2.45) is 0 Å². The van der Waals surface area contributed by atoms with Crippen molar-refractivity contribution in [2.45, 2.75) is 20.8 Å². The molecule has 0 saturated carbocycles. The molecular formula is C20H23Cl2NO. The summed E-state index contributed by atoms with van der Waals surface area (Å²) in [5.74, 6) is 1.35. The van der Waals surface area contributed by atoms with Crippen LogP contribution in [0.5, 0.6) is 11.5 Å². The molecule has 0 radical (unpaired) electrons. The van der Waals surface area contributed by atoms with Crippen LogP contribution in [-0.4, -0.2) is 24.5 Å². The fraction of sp³-hybridized carbons (Fsp3) is 0.300. The van der Waals surface area contributed by atoms with E-state index >= 15 is 0 Å². The number of hydrogen-bond acceptors (Lipinski definition) is 2. The van der Waals surface area contributed by atoms with Crippen LogP contribution >= 0.6 is 23.2 Å². The van der Waals surface area contributed by atoms with Gasteiger partial charge in [-0.3, -0.25) is 0 Å². The molecular weight excluding hydrogens is 341 g/mol. The lowest BCUT2D eigenvalue weighted by atomic mass is 10.1. The first-order chi connectivity index (χ1) is 11.5. The fourth-order valence-electron chi connectivity index (χ4n) is 2.34. The Morgan fingerprint density at radius 3 is 2.29 bits per heavy atom. The van der Waals surface area contributed by atoms with Gasteiger partial charge < -0.3 is 9.64 Å². The molecule has 24 heavy (non-hydrogen) atoms. The molecule has 0 aromatic heterocycles. The SMILES string of the molecule is CCN(CC)C/C=C(/C)c1ccc(Oc2ccc(Cl)cc2Cl)cc1. The number of ether oxygens (including phenoxy) is 1. The lowest BCUT2D eigenvalue weighted by Gasteiger charge is -2.16. The van der Waals surface area contributed by atoms with Gasteiger partial charge in [-0.05, 0) is 61.5 Å². The quantitative estimate of drug-likeness (QED) is 0.554. The van der Waals surface area contributed by atoms with Gasteiger partial charge in [-0.2, -0.15) is 0 Å². The fourth-order valence-corrected chi connectivity index (χ4v) is 2.78. The normalized spacial score (nSPS) is 11.8. The van der Waals surface area contributed by atoms with E-state index in [1.54, 1.807) is 18.2 Å². The molecule has 0 bridgehead atoms. The van der Waals surface area contributed by atoms with E-state index in [2.05, 4.69) is 43.9 Å². The van der Waals surface area contributed by atoms with Crippen molar-refractivity contribution in [2.75, 3.05) is 19.6 Å². The van der Waals surface area contributed by atoms with E-state index in [1.165, 1.54) is 11.1 Å². The smallest absolute Gasteiger partial charge is 0.146 e. The maximum atomic E-state index is 6.14. The molecule has 0 saturated heterocycles. The minimum atomic E-state index is 0.502. The topological polar surface area (TPSA) is 12.5 Å². The second-order valence-corrected chi connectivity index (χ2v) is 6.42. The number of hydrogen-bond donors (Lipinski definition) is 0. The highest BCUT2D eigenvalue weighted by Gasteiger charge is 2.05. The highest BCUT2D eigenvalue weighted by molar-refractivity contribution is 6.35. The monoisotopic (exact) mass is 363 g/mol. The molecule has 0 N–H and O–H groups in total. The Labute approximate surface area is 154 Å². The molecule has 0 aliphatic carbocycles. The number of allylic oxidation sites excluding steroid dienone is 1. The van der Waals surface area contributed by atoms with Crippen LogP contribution in [-0.2, 0) is 0 Å². The van der Waals surface area contributed by atoms with Gasteiger partial charge in [0.05, 0.1) is 5.02 Å². The summed E-state index contributed by atoms with van der Waals surface area (Å²) < 4.78 is 5.81. The molecule has 2 aromatic carbocycles. The molecule has 0 spiro atoms. The van der Waals surface area contributed by atoms with Crippen molar-refractivity contribution in [1.82, 2.24) is 4.90 Å². The van der Waals surface area contributed by atoms with E-state index in [1.807, 2.05) is 12.1 Å². The van der Waals surface area contributed by atoms with Gasteiger partial charge in [0.15, 0.2) is 0 Å². The zero-order valence-electron chi connectivity index (χ0n) is 14.4. The Morgan fingerprint density at radius 1 is 1.04 bits per heavy atom. The summed E-state index contributed by atoms with van der Waals surface area (Å²) in [6, 6.07) is 13.2. The van der Waals surface area contributed by atoms with Gasteiger partial charge in [0.25, 0.3) is 0 Å². The summed E-state index contributed by atoms with van der Waals surface area (Å²) in [6.07, 6.45) is 2.26. The molecule has 2 aromatic rings. The standard InChI is InChI=1S/C20H23Cl2NO/c1-4-23(5-2)13-12-15(3)16-6-9-18(10-7-16)24-20-11-8-17(21)14-19(20)22/h6-12,14H,4-5,13H2,1-3H3/b15-12-. The van der Waals surface area contributed by atoms with E-state index in [-0.39, 0.29) is 0 Å². The third kappa shape index (κ3) is 5.27. The molecule has 4 heteroatoms. The highest BCUT2D eigenvalue weighted by Crippen LogP contribution is 2.32. The minimum Gasteiger partial charge on any atom is -0.456 e. The van der Waals surface area contributed by atoms with Crippen LogP contribution in [0.3, 0.4) is 0 Å². The Bertz CT molecular complexity index is 691. The van der Waals surface area contributed by atoms with E-state index in [9.17, 15) is 0 Å². The molecule has 0 unspecified atom stereocenters. The third-order valence-corrected chi connectivity index (χ3v) is 4.51. The number of benzene rings is 2. The van der Waals surface area contributed by atoms with Crippen LogP contribution in [0.25, 0.3) is 5.57 Å². The zero-order chi connectivity index (χ0) is 17.5. The van der Waals surface area contributed by atoms with Crippen LogP contribution < -0.4 is 4.74 Å². The van der Waals surface area contributed by atoms with Crippen molar-refractivity contribution in [1.29, 1.82) is 0 Å². The van der Waals surface area contributed by atoms with Gasteiger partial charge in [-0.1, -0.05) is 55.3 Å². The molecule has 0 aliphatic heterocycles. The molecule has 0 heterocycles. The largest absolute Gasteiger partial charge is 0.456 e. The summed E-state index contributed by atoms with van der Waals surface area (Å²) in [4.78, 5) is 2.38.